The molecule has 0 aliphatic rings. The molecular weight excluding hydrogens is 278 g/mol. The number of aromatic nitrogens is 2. The Balaban J connectivity index is 2.24. The number of aryl methyl sites for hydroxylation is 1. The molecular formula is C13H18BrN3. The van der Waals surface area contributed by atoms with Crippen LogP contribution in [0.5, 0.6) is 0 Å². The van der Waals surface area contributed by atoms with Gasteiger partial charge in [0.1, 0.15) is 5.82 Å². The second-order valence-electron chi connectivity index (χ2n) is 4.55. The van der Waals surface area contributed by atoms with E-state index in [0.29, 0.717) is 6.04 Å². The van der Waals surface area contributed by atoms with E-state index in [2.05, 4.69) is 63.8 Å². The van der Waals surface area contributed by atoms with Crippen LogP contribution in [0.3, 0.4) is 0 Å². The smallest absolute Gasteiger partial charge is 0.110 e. The molecule has 2 aromatic rings. The summed E-state index contributed by atoms with van der Waals surface area (Å²) in [6.45, 7) is 5.28. The zero-order valence-corrected chi connectivity index (χ0v) is 12.1. The van der Waals surface area contributed by atoms with E-state index in [1.165, 1.54) is 5.52 Å². The average molecular weight is 296 g/mol. The molecule has 1 aromatic carbocycles. The third-order valence-electron chi connectivity index (χ3n) is 2.84. The number of halogens is 1. The van der Waals surface area contributed by atoms with Crippen LogP contribution in [-0.4, -0.2) is 22.1 Å². The second kappa shape index (κ2) is 5.19. The van der Waals surface area contributed by atoms with Crippen molar-refractivity contribution in [1.29, 1.82) is 0 Å². The van der Waals surface area contributed by atoms with E-state index < -0.39 is 0 Å². The van der Waals surface area contributed by atoms with Crippen LogP contribution in [0.1, 0.15) is 19.7 Å². The predicted octanol–water partition coefficient (Wildman–Crippen LogP) is 2.88. The van der Waals surface area contributed by atoms with Crippen LogP contribution in [-0.2, 0) is 13.5 Å². The minimum absolute atomic E-state index is 0.524. The van der Waals surface area contributed by atoms with Crippen LogP contribution in [0.15, 0.2) is 22.7 Å². The normalized spacial score (nSPS) is 11.6. The number of nitrogens with zero attached hydrogens (tertiary/aromatic N) is 2. The van der Waals surface area contributed by atoms with Gasteiger partial charge in [-0.05, 0) is 28.1 Å². The Labute approximate surface area is 110 Å². The Bertz CT molecular complexity index is 517. The third kappa shape index (κ3) is 2.69. The van der Waals surface area contributed by atoms with Crippen LogP contribution in [0.25, 0.3) is 11.0 Å². The first-order valence-electron chi connectivity index (χ1n) is 5.93. The number of imidazole rings is 1. The monoisotopic (exact) mass is 295 g/mol. The highest BCUT2D eigenvalue weighted by atomic mass is 79.9. The highest BCUT2D eigenvalue weighted by Gasteiger charge is 2.09. The van der Waals surface area contributed by atoms with Gasteiger partial charge in [0, 0.05) is 30.5 Å². The minimum Gasteiger partial charge on any atom is -0.330 e. The summed E-state index contributed by atoms with van der Waals surface area (Å²) in [5.74, 6) is 1.13. The fourth-order valence-electron chi connectivity index (χ4n) is 1.97. The lowest BCUT2D eigenvalue weighted by Crippen LogP contribution is -2.25. The largest absolute Gasteiger partial charge is 0.330 e. The van der Waals surface area contributed by atoms with Gasteiger partial charge in [-0.3, -0.25) is 0 Å². The number of hydrogen-bond donors (Lipinski definition) is 1. The van der Waals surface area contributed by atoms with Gasteiger partial charge in [-0.1, -0.05) is 19.9 Å². The van der Waals surface area contributed by atoms with Crippen LogP contribution < -0.4 is 5.32 Å². The lowest BCUT2D eigenvalue weighted by Gasteiger charge is -2.07. The van der Waals surface area contributed by atoms with E-state index >= 15 is 0 Å². The molecule has 0 bridgehead atoms. The molecule has 1 N–H and O–H groups in total. The number of fused-ring (bicyclic) bond motifs is 1. The lowest BCUT2D eigenvalue weighted by atomic mass is 10.3. The molecule has 0 radical (unpaired) electrons. The highest BCUT2D eigenvalue weighted by Crippen LogP contribution is 2.23. The minimum atomic E-state index is 0.524. The maximum atomic E-state index is 4.66. The van der Waals surface area contributed by atoms with Crippen molar-refractivity contribution in [2.75, 3.05) is 6.54 Å². The van der Waals surface area contributed by atoms with Crippen molar-refractivity contribution in [2.45, 2.75) is 26.3 Å². The molecule has 4 heteroatoms. The summed E-state index contributed by atoms with van der Waals surface area (Å²) in [5, 5.41) is 3.42. The number of nitrogens with one attached hydrogen (secondary N) is 1. The fourth-order valence-corrected chi connectivity index (χ4v) is 2.59. The molecule has 0 aliphatic carbocycles. The molecule has 0 fully saturated rings. The standard InChI is InChI=1S/C13H18BrN3/c1-9(2)15-8-7-12-16-11-6-4-5-10(14)13(11)17(12)3/h4-6,9,15H,7-8H2,1-3H3. The van der Waals surface area contributed by atoms with E-state index in [4.69, 9.17) is 0 Å². The maximum Gasteiger partial charge on any atom is 0.110 e. The molecule has 0 saturated heterocycles. The quantitative estimate of drug-likeness (QED) is 0.940. The molecule has 0 atom stereocenters. The molecule has 92 valence electrons. The number of rotatable bonds is 4. The molecule has 0 amide bonds. The molecule has 2 rings (SSSR count). The Morgan fingerprint density at radius 2 is 2.18 bits per heavy atom. The van der Waals surface area contributed by atoms with Crippen molar-refractivity contribution in [3.8, 4) is 0 Å². The van der Waals surface area contributed by atoms with Gasteiger partial charge in [-0.2, -0.15) is 0 Å². The van der Waals surface area contributed by atoms with Crippen molar-refractivity contribution in [1.82, 2.24) is 14.9 Å². The summed E-state index contributed by atoms with van der Waals surface area (Å²) in [7, 11) is 2.07. The van der Waals surface area contributed by atoms with E-state index in [9.17, 15) is 0 Å². The van der Waals surface area contributed by atoms with Crippen LogP contribution in [0.4, 0.5) is 0 Å². The SMILES string of the molecule is CC(C)NCCc1nc2cccc(Br)c2n1C. The van der Waals surface area contributed by atoms with Crippen molar-refractivity contribution >= 4 is 27.0 Å². The van der Waals surface area contributed by atoms with Gasteiger partial charge in [0.25, 0.3) is 0 Å². The summed E-state index contributed by atoms with van der Waals surface area (Å²) in [5.41, 5.74) is 2.23. The number of benzene rings is 1. The molecule has 0 saturated carbocycles. The van der Waals surface area contributed by atoms with Gasteiger partial charge in [0.2, 0.25) is 0 Å². The molecule has 3 nitrogen and oxygen atoms in total. The molecule has 1 aromatic heterocycles. The second-order valence-corrected chi connectivity index (χ2v) is 5.41. The van der Waals surface area contributed by atoms with Crippen LogP contribution >= 0.6 is 15.9 Å². The first-order chi connectivity index (χ1) is 8.09. The van der Waals surface area contributed by atoms with Gasteiger partial charge < -0.3 is 9.88 Å². The topological polar surface area (TPSA) is 29.9 Å². The summed E-state index contributed by atoms with van der Waals surface area (Å²) in [6, 6.07) is 6.66. The lowest BCUT2D eigenvalue weighted by molar-refractivity contribution is 0.578. The zero-order valence-electron chi connectivity index (χ0n) is 10.5. The first-order valence-corrected chi connectivity index (χ1v) is 6.72. The Kier molecular flexibility index (Phi) is 3.84. The molecule has 0 aliphatic heterocycles. The van der Waals surface area contributed by atoms with Gasteiger partial charge in [0.05, 0.1) is 11.0 Å². The number of para-hydroxylation sites is 1. The van der Waals surface area contributed by atoms with Crippen molar-refractivity contribution in [3.63, 3.8) is 0 Å². The molecule has 17 heavy (non-hydrogen) atoms. The Morgan fingerprint density at radius 3 is 2.82 bits per heavy atom. The summed E-state index contributed by atoms with van der Waals surface area (Å²) in [6.07, 6.45) is 0.954. The molecule has 0 unspecified atom stereocenters. The summed E-state index contributed by atoms with van der Waals surface area (Å²) >= 11 is 3.58. The van der Waals surface area contributed by atoms with Crippen LogP contribution in [0, 0.1) is 0 Å². The van der Waals surface area contributed by atoms with Crippen LogP contribution in [0.2, 0.25) is 0 Å². The number of hydrogen-bond acceptors (Lipinski definition) is 2. The van der Waals surface area contributed by atoms with Gasteiger partial charge >= 0.3 is 0 Å². The Hall–Kier alpha value is -0.870. The van der Waals surface area contributed by atoms with Crippen molar-refractivity contribution < 1.29 is 0 Å². The fraction of sp³-hybridized carbons (Fsp3) is 0.462. The third-order valence-corrected chi connectivity index (χ3v) is 3.48. The summed E-state index contributed by atoms with van der Waals surface area (Å²) < 4.78 is 3.27. The van der Waals surface area contributed by atoms with Gasteiger partial charge in [-0.25, -0.2) is 4.98 Å². The maximum absolute atomic E-state index is 4.66. The summed E-state index contributed by atoms with van der Waals surface area (Å²) in [4.78, 5) is 4.66. The van der Waals surface area contributed by atoms with Crippen molar-refractivity contribution in [3.05, 3.63) is 28.5 Å². The first kappa shape index (κ1) is 12.6. The molecule has 1 heterocycles. The Morgan fingerprint density at radius 1 is 1.41 bits per heavy atom. The van der Waals surface area contributed by atoms with E-state index in [0.717, 1.165) is 28.8 Å². The zero-order chi connectivity index (χ0) is 12.4. The highest BCUT2D eigenvalue weighted by molar-refractivity contribution is 9.10. The van der Waals surface area contributed by atoms with E-state index in [1.54, 1.807) is 0 Å². The predicted molar refractivity (Wildman–Crippen MR) is 75.3 cm³/mol. The van der Waals surface area contributed by atoms with Gasteiger partial charge in [-0.15, -0.1) is 0 Å². The molecule has 0 spiro atoms. The van der Waals surface area contributed by atoms with E-state index in [1.807, 2.05) is 6.07 Å². The van der Waals surface area contributed by atoms with Crippen molar-refractivity contribution in [2.24, 2.45) is 7.05 Å². The van der Waals surface area contributed by atoms with E-state index in [-0.39, 0.29) is 0 Å². The van der Waals surface area contributed by atoms with Gasteiger partial charge in [0.15, 0.2) is 0 Å². The average Bonchev–Trinajstić information content (AvgIpc) is 2.57.